The molecule has 4 N–H and O–H groups in total. The molecule has 72 valence electrons. The van der Waals surface area contributed by atoms with E-state index >= 15 is 0 Å². The van der Waals surface area contributed by atoms with Gasteiger partial charge in [-0.25, -0.2) is 8.42 Å². The van der Waals surface area contributed by atoms with E-state index in [1.807, 2.05) is 0 Å². The molecule has 0 aliphatic heterocycles. The van der Waals surface area contributed by atoms with Gasteiger partial charge in [-0.05, 0) is 0 Å². The molecule has 0 radical (unpaired) electrons. The summed E-state index contributed by atoms with van der Waals surface area (Å²) >= 11 is 0.696. The maximum Gasteiger partial charge on any atom is 0.234 e. The minimum Gasteiger partial charge on any atom is -0.374 e. The average molecular weight is 222 g/mol. The van der Waals surface area contributed by atoms with E-state index in [1.165, 1.54) is 0 Å². The van der Waals surface area contributed by atoms with Gasteiger partial charge < -0.3 is 11.5 Å². The van der Waals surface area contributed by atoms with Crippen LogP contribution in [0.3, 0.4) is 0 Å². The molecular weight excluding hydrogens is 216 g/mol. The summed E-state index contributed by atoms with van der Waals surface area (Å²) in [4.78, 5) is 10.4. The van der Waals surface area contributed by atoms with Crippen LogP contribution in [-0.2, 0) is 14.6 Å². The van der Waals surface area contributed by atoms with Crippen LogP contribution in [-0.4, -0.2) is 30.3 Å². The number of hydrogen-bond acceptors (Lipinski definition) is 7. The summed E-state index contributed by atoms with van der Waals surface area (Å²) in [5.41, 5.74) is 9.90. The number of carbonyl (C=O) groups excluding carboxylic acids is 1. The molecule has 0 fully saturated rings. The number of aromatic nitrogens is 2. The highest BCUT2D eigenvalue weighted by Gasteiger charge is 2.21. The maximum atomic E-state index is 11.2. The molecule has 7 nitrogen and oxygen atoms in total. The van der Waals surface area contributed by atoms with Gasteiger partial charge in [0.1, 0.15) is 5.75 Å². The van der Waals surface area contributed by atoms with Crippen molar-refractivity contribution in [2.75, 3.05) is 11.5 Å². The molecule has 0 unspecified atom stereocenters. The molecule has 1 rings (SSSR count). The fourth-order valence-corrected chi connectivity index (χ4v) is 2.54. The molecule has 0 atom stereocenters. The van der Waals surface area contributed by atoms with Gasteiger partial charge in [-0.1, -0.05) is 11.3 Å². The standard InChI is InChI=1S/C4H6N4O3S2/c5-2(9)1-13(10,11)4-8-7-3(6)12-4/h1H2,(H2,5,9)(H2,6,7). The molecule has 1 aromatic heterocycles. The first kappa shape index (κ1) is 9.86. The van der Waals surface area contributed by atoms with Crippen LogP contribution in [0.25, 0.3) is 0 Å². The van der Waals surface area contributed by atoms with Crippen LogP contribution >= 0.6 is 11.3 Å². The first-order chi connectivity index (χ1) is 5.92. The molecule has 0 aromatic carbocycles. The Morgan fingerprint density at radius 2 is 2.08 bits per heavy atom. The molecule has 0 aliphatic carbocycles. The highest BCUT2D eigenvalue weighted by molar-refractivity contribution is 7.94. The molecule has 1 heterocycles. The Morgan fingerprint density at radius 3 is 2.46 bits per heavy atom. The van der Waals surface area contributed by atoms with Crippen LogP contribution < -0.4 is 11.5 Å². The number of nitrogens with two attached hydrogens (primary N) is 2. The highest BCUT2D eigenvalue weighted by atomic mass is 32.2. The van der Waals surface area contributed by atoms with Crippen molar-refractivity contribution >= 4 is 32.2 Å². The molecular formula is C4H6N4O3S2. The third-order valence-electron chi connectivity index (χ3n) is 1.02. The monoisotopic (exact) mass is 222 g/mol. The molecule has 9 heteroatoms. The lowest BCUT2D eigenvalue weighted by molar-refractivity contribution is -0.115. The van der Waals surface area contributed by atoms with Crippen LogP contribution in [0.4, 0.5) is 5.13 Å². The van der Waals surface area contributed by atoms with Crippen LogP contribution in [0.15, 0.2) is 4.34 Å². The minimum atomic E-state index is -3.75. The Morgan fingerprint density at radius 1 is 1.46 bits per heavy atom. The van der Waals surface area contributed by atoms with E-state index in [0.29, 0.717) is 11.3 Å². The number of anilines is 1. The lowest BCUT2D eigenvalue weighted by Gasteiger charge is -1.93. The third-order valence-corrected chi connectivity index (χ3v) is 3.86. The van der Waals surface area contributed by atoms with Crippen molar-refractivity contribution in [2.45, 2.75) is 4.34 Å². The van der Waals surface area contributed by atoms with Gasteiger partial charge in [0, 0.05) is 0 Å². The average Bonchev–Trinajstić information content (AvgIpc) is 2.32. The zero-order valence-corrected chi connectivity index (χ0v) is 7.93. The van der Waals surface area contributed by atoms with Crippen LogP contribution in [0, 0.1) is 0 Å². The SMILES string of the molecule is NC(=O)CS(=O)(=O)c1nnc(N)s1. The number of nitrogens with zero attached hydrogens (tertiary/aromatic N) is 2. The highest BCUT2D eigenvalue weighted by Crippen LogP contribution is 2.17. The predicted molar refractivity (Wildman–Crippen MR) is 45.6 cm³/mol. The van der Waals surface area contributed by atoms with E-state index in [4.69, 9.17) is 11.5 Å². The molecule has 0 saturated heterocycles. The fraction of sp³-hybridized carbons (Fsp3) is 0.250. The first-order valence-electron chi connectivity index (χ1n) is 3.02. The normalized spacial score (nSPS) is 11.4. The van der Waals surface area contributed by atoms with E-state index in [2.05, 4.69) is 10.2 Å². The van der Waals surface area contributed by atoms with Gasteiger partial charge in [-0.15, -0.1) is 10.2 Å². The summed E-state index contributed by atoms with van der Waals surface area (Å²) in [6.07, 6.45) is 0. The number of sulfone groups is 1. The Hall–Kier alpha value is -1.22. The second-order valence-corrected chi connectivity index (χ2v) is 5.30. The van der Waals surface area contributed by atoms with Crippen molar-refractivity contribution in [1.29, 1.82) is 0 Å². The Kier molecular flexibility index (Phi) is 2.48. The summed E-state index contributed by atoms with van der Waals surface area (Å²) in [6, 6.07) is 0. The number of rotatable bonds is 3. The molecule has 0 bridgehead atoms. The number of nitrogen functional groups attached to an aromatic ring is 1. The summed E-state index contributed by atoms with van der Waals surface area (Å²) in [5.74, 6) is -1.71. The molecule has 0 saturated carbocycles. The number of amides is 1. The van der Waals surface area contributed by atoms with Crippen LogP contribution in [0.2, 0.25) is 0 Å². The predicted octanol–water partition coefficient (Wildman–Crippen LogP) is -1.62. The third kappa shape index (κ3) is 2.36. The molecule has 1 amide bonds. The lowest BCUT2D eigenvalue weighted by Crippen LogP contribution is -2.23. The van der Waals surface area contributed by atoms with E-state index in [1.54, 1.807) is 0 Å². The van der Waals surface area contributed by atoms with E-state index in [0.717, 1.165) is 0 Å². The van der Waals surface area contributed by atoms with Crippen LogP contribution in [0.1, 0.15) is 0 Å². The van der Waals surface area contributed by atoms with Crippen molar-refractivity contribution < 1.29 is 13.2 Å². The second kappa shape index (κ2) is 3.26. The van der Waals surface area contributed by atoms with Crippen molar-refractivity contribution in [3.05, 3.63) is 0 Å². The zero-order chi connectivity index (χ0) is 10.1. The van der Waals surface area contributed by atoms with Gasteiger partial charge in [-0.3, -0.25) is 4.79 Å². The Labute approximate surface area is 77.7 Å². The summed E-state index contributed by atoms with van der Waals surface area (Å²) < 4.78 is 22.1. The zero-order valence-electron chi connectivity index (χ0n) is 6.30. The van der Waals surface area contributed by atoms with Crippen LogP contribution in [0.5, 0.6) is 0 Å². The molecule has 0 spiro atoms. The Balaban J connectivity index is 3.01. The van der Waals surface area contributed by atoms with Crippen molar-refractivity contribution in [2.24, 2.45) is 5.73 Å². The van der Waals surface area contributed by atoms with Crippen molar-refractivity contribution in [1.82, 2.24) is 10.2 Å². The Bertz CT molecular complexity index is 422. The second-order valence-electron chi connectivity index (χ2n) is 2.13. The van der Waals surface area contributed by atoms with Gasteiger partial charge in [0.25, 0.3) is 0 Å². The van der Waals surface area contributed by atoms with Gasteiger partial charge in [0.05, 0.1) is 0 Å². The minimum absolute atomic E-state index is 0.0306. The van der Waals surface area contributed by atoms with Gasteiger partial charge >= 0.3 is 0 Å². The van der Waals surface area contributed by atoms with Crippen molar-refractivity contribution in [3.8, 4) is 0 Å². The number of hydrogen-bond donors (Lipinski definition) is 2. The first-order valence-corrected chi connectivity index (χ1v) is 5.49. The van der Waals surface area contributed by atoms with Gasteiger partial charge in [0.15, 0.2) is 0 Å². The maximum absolute atomic E-state index is 11.2. The molecule has 0 aliphatic rings. The summed E-state index contributed by atoms with van der Waals surface area (Å²) in [7, 11) is -3.75. The topological polar surface area (TPSA) is 129 Å². The van der Waals surface area contributed by atoms with E-state index in [-0.39, 0.29) is 9.47 Å². The van der Waals surface area contributed by atoms with Crippen molar-refractivity contribution in [3.63, 3.8) is 0 Å². The largest absolute Gasteiger partial charge is 0.374 e. The summed E-state index contributed by atoms with van der Waals surface area (Å²) in [5, 5.41) is 6.62. The molecule has 1 aromatic rings. The number of carbonyl (C=O) groups is 1. The smallest absolute Gasteiger partial charge is 0.234 e. The fourth-order valence-electron chi connectivity index (χ4n) is 0.595. The quantitative estimate of drug-likeness (QED) is 0.632. The number of primary amides is 1. The van der Waals surface area contributed by atoms with E-state index in [9.17, 15) is 13.2 Å². The van der Waals surface area contributed by atoms with E-state index < -0.39 is 21.5 Å². The van der Waals surface area contributed by atoms with Gasteiger partial charge in [-0.2, -0.15) is 0 Å². The summed E-state index contributed by atoms with van der Waals surface area (Å²) in [6.45, 7) is 0. The lowest BCUT2D eigenvalue weighted by atomic mass is 10.8. The molecule has 13 heavy (non-hydrogen) atoms. The van der Waals surface area contributed by atoms with Gasteiger partial charge in [0.2, 0.25) is 25.2 Å².